The summed E-state index contributed by atoms with van der Waals surface area (Å²) in [5, 5.41) is 4.00. The normalized spacial score (nSPS) is 21.1. The average molecular weight is 398 g/mol. The fourth-order valence-corrected chi connectivity index (χ4v) is 4.45. The number of carbonyl (C=O) groups excluding carboxylic acids is 1. The molecule has 7 nitrogen and oxygen atoms in total. The second kappa shape index (κ2) is 9.96. The molecule has 4 rings (SSSR count). The molecule has 0 unspecified atom stereocenters. The van der Waals surface area contributed by atoms with Crippen molar-refractivity contribution in [1.82, 2.24) is 24.9 Å². The lowest BCUT2D eigenvalue weighted by molar-refractivity contribution is -0.135. The maximum atomic E-state index is 13.0. The summed E-state index contributed by atoms with van der Waals surface area (Å²) in [4.78, 5) is 26.3. The van der Waals surface area contributed by atoms with Crippen LogP contribution in [0.3, 0.4) is 0 Å². The smallest absolute Gasteiger partial charge is 0.227 e. The fraction of sp³-hybridized carbons (Fsp3) is 0.636. The van der Waals surface area contributed by atoms with Crippen LogP contribution in [0.5, 0.6) is 0 Å². The summed E-state index contributed by atoms with van der Waals surface area (Å²) in [6.45, 7) is 4.25. The maximum absolute atomic E-state index is 13.0. The van der Waals surface area contributed by atoms with Crippen LogP contribution in [0.2, 0.25) is 0 Å². The highest BCUT2D eigenvalue weighted by molar-refractivity contribution is 5.76. The van der Waals surface area contributed by atoms with Gasteiger partial charge in [0.05, 0.1) is 0 Å². The number of hydrogen-bond donors (Lipinski definition) is 0. The van der Waals surface area contributed by atoms with Gasteiger partial charge in [0.1, 0.15) is 5.69 Å². The molecule has 0 aromatic carbocycles. The summed E-state index contributed by atoms with van der Waals surface area (Å²) in [5.74, 6) is 1.19. The van der Waals surface area contributed by atoms with Crippen LogP contribution in [0, 0.1) is 0 Å². The Bertz CT molecular complexity index is 771. The van der Waals surface area contributed by atoms with Gasteiger partial charge in [-0.15, -0.1) is 0 Å². The molecule has 2 aromatic heterocycles. The lowest BCUT2D eigenvalue weighted by Gasteiger charge is -2.38. The first-order valence-electron chi connectivity index (χ1n) is 11.1. The van der Waals surface area contributed by atoms with Gasteiger partial charge in [-0.25, -0.2) is 0 Å². The molecule has 4 heterocycles. The van der Waals surface area contributed by atoms with Crippen molar-refractivity contribution in [2.24, 2.45) is 0 Å². The first-order valence-corrected chi connectivity index (χ1v) is 11.1. The molecule has 2 aliphatic heterocycles. The summed E-state index contributed by atoms with van der Waals surface area (Å²) in [5.41, 5.74) is 0.683. The third-order valence-corrected chi connectivity index (χ3v) is 6.03. The number of rotatable bonds is 6. The third-order valence-electron chi connectivity index (χ3n) is 6.03. The SMILES string of the molecule is O=C(CCc1nc(-c2ccccn2)no1)N1CCCC[C@@H]1CN1CCCCCC1. The van der Waals surface area contributed by atoms with E-state index < -0.39 is 0 Å². The van der Waals surface area contributed by atoms with Crippen LogP contribution in [0.15, 0.2) is 28.9 Å². The van der Waals surface area contributed by atoms with E-state index >= 15 is 0 Å². The van der Waals surface area contributed by atoms with Crippen LogP contribution in [0.1, 0.15) is 57.3 Å². The molecule has 2 fully saturated rings. The van der Waals surface area contributed by atoms with Crippen LogP contribution in [-0.4, -0.2) is 63.1 Å². The summed E-state index contributed by atoms with van der Waals surface area (Å²) in [7, 11) is 0. The number of amides is 1. The average Bonchev–Trinajstić information content (AvgIpc) is 3.10. The quantitative estimate of drug-likeness (QED) is 0.744. The van der Waals surface area contributed by atoms with Crippen LogP contribution in [-0.2, 0) is 11.2 Å². The van der Waals surface area contributed by atoms with E-state index in [2.05, 4.69) is 24.9 Å². The summed E-state index contributed by atoms with van der Waals surface area (Å²) in [6.07, 6.45) is 11.3. The standard InChI is InChI=1S/C22H31N5O2/c28-21(12-11-20-24-22(25-29-20)19-10-3-5-13-23-19)27-16-8-4-9-18(27)17-26-14-6-1-2-7-15-26/h3,5,10,13,18H,1-2,4,6-9,11-12,14-17H2/t18-/m1/s1. The Labute approximate surface area is 172 Å². The van der Waals surface area contributed by atoms with Gasteiger partial charge in [0.2, 0.25) is 17.6 Å². The molecule has 29 heavy (non-hydrogen) atoms. The minimum Gasteiger partial charge on any atom is -0.339 e. The van der Waals surface area contributed by atoms with Gasteiger partial charge in [0.15, 0.2) is 0 Å². The van der Waals surface area contributed by atoms with Crippen LogP contribution < -0.4 is 0 Å². The largest absolute Gasteiger partial charge is 0.339 e. The molecular weight excluding hydrogens is 366 g/mol. The number of aromatic nitrogens is 3. The number of pyridine rings is 1. The minimum atomic E-state index is 0.210. The highest BCUT2D eigenvalue weighted by Gasteiger charge is 2.28. The Morgan fingerprint density at radius 2 is 1.90 bits per heavy atom. The summed E-state index contributed by atoms with van der Waals surface area (Å²) >= 11 is 0. The zero-order chi connectivity index (χ0) is 19.9. The van der Waals surface area contributed by atoms with Crippen molar-refractivity contribution in [3.63, 3.8) is 0 Å². The van der Waals surface area contributed by atoms with E-state index in [-0.39, 0.29) is 5.91 Å². The molecule has 0 spiro atoms. The predicted octanol–water partition coefficient (Wildman–Crippen LogP) is 3.32. The van der Waals surface area contributed by atoms with Crippen molar-refractivity contribution < 1.29 is 9.32 Å². The molecule has 2 aliphatic rings. The van der Waals surface area contributed by atoms with Crippen LogP contribution in [0.25, 0.3) is 11.5 Å². The zero-order valence-corrected chi connectivity index (χ0v) is 17.1. The van der Waals surface area contributed by atoms with Crippen molar-refractivity contribution in [2.75, 3.05) is 26.2 Å². The Kier molecular flexibility index (Phi) is 6.87. The number of carbonyl (C=O) groups is 1. The third kappa shape index (κ3) is 5.41. The van der Waals surface area contributed by atoms with Gasteiger partial charge < -0.3 is 14.3 Å². The molecule has 0 bridgehead atoms. The monoisotopic (exact) mass is 397 g/mol. The van der Waals surface area contributed by atoms with Crippen LogP contribution >= 0.6 is 0 Å². The zero-order valence-electron chi connectivity index (χ0n) is 17.1. The van der Waals surface area contributed by atoms with E-state index in [0.717, 1.165) is 25.9 Å². The molecule has 156 valence electrons. The first-order chi connectivity index (χ1) is 14.3. The molecule has 1 atom stereocenters. The van der Waals surface area contributed by atoms with E-state index in [1.165, 1.54) is 45.2 Å². The van der Waals surface area contributed by atoms with Gasteiger partial charge in [-0.3, -0.25) is 9.78 Å². The highest BCUT2D eigenvalue weighted by Crippen LogP contribution is 2.21. The Balaban J connectivity index is 1.32. The second-order valence-corrected chi connectivity index (χ2v) is 8.18. The minimum absolute atomic E-state index is 0.210. The molecule has 7 heteroatoms. The van der Waals surface area contributed by atoms with Gasteiger partial charge in [-0.1, -0.05) is 24.1 Å². The van der Waals surface area contributed by atoms with E-state index in [9.17, 15) is 4.79 Å². The topological polar surface area (TPSA) is 75.4 Å². The highest BCUT2D eigenvalue weighted by atomic mass is 16.5. The van der Waals surface area contributed by atoms with E-state index in [0.29, 0.717) is 36.3 Å². The maximum Gasteiger partial charge on any atom is 0.227 e. The molecule has 0 aliphatic carbocycles. The Hall–Kier alpha value is -2.28. The molecule has 0 radical (unpaired) electrons. The first kappa shape index (κ1) is 20.0. The molecule has 0 N–H and O–H groups in total. The number of aryl methyl sites for hydroxylation is 1. The molecule has 0 saturated carbocycles. The molecular formula is C22H31N5O2. The van der Waals surface area contributed by atoms with Gasteiger partial charge in [0.25, 0.3) is 0 Å². The van der Waals surface area contributed by atoms with Gasteiger partial charge >= 0.3 is 0 Å². The predicted molar refractivity (Wildman–Crippen MR) is 110 cm³/mol. The molecule has 2 saturated heterocycles. The van der Waals surface area contributed by atoms with Gasteiger partial charge in [-0.05, 0) is 57.3 Å². The van der Waals surface area contributed by atoms with Gasteiger partial charge in [0, 0.05) is 38.2 Å². The lowest BCUT2D eigenvalue weighted by atomic mass is 10.0. The Morgan fingerprint density at radius 3 is 2.69 bits per heavy atom. The van der Waals surface area contributed by atoms with Crippen molar-refractivity contribution in [2.45, 2.75) is 63.8 Å². The second-order valence-electron chi connectivity index (χ2n) is 8.18. The number of nitrogens with zero attached hydrogens (tertiary/aromatic N) is 5. The van der Waals surface area contributed by atoms with Crippen molar-refractivity contribution in [3.05, 3.63) is 30.3 Å². The molecule has 2 aromatic rings. The Morgan fingerprint density at radius 1 is 1.07 bits per heavy atom. The molecule has 1 amide bonds. The van der Waals surface area contributed by atoms with E-state index in [4.69, 9.17) is 4.52 Å². The number of hydrogen-bond acceptors (Lipinski definition) is 6. The fourth-order valence-electron chi connectivity index (χ4n) is 4.45. The van der Waals surface area contributed by atoms with E-state index in [1.807, 2.05) is 18.2 Å². The number of likely N-dealkylation sites (tertiary alicyclic amines) is 2. The number of piperidine rings is 1. The van der Waals surface area contributed by atoms with Crippen LogP contribution in [0.4, 0.5) is 0 Å². The summed E-state index contributed by atoms with van der Waals surface area (Å²) in [6, 6.07) is 5.94. The lowest BCUT2D eigenvalue weighted by Crippen LogP contribution is -2.49. The summed E-state index contributed by atoms with van der Waals surface area (Å²) < 4.78 is 5.34. The van der Waals surface area contributed by atoms with Crippen molar-refractivity contribution >= 4 is 5.91 Å². The van der Waals surface area contributed by atoms with Crippen molar-refractivity contribution in [1.29, 1.82) is 0 Å². The van der Waals surface area contributed by atoms with Crippen molar-refractivity contribution in [3.8, 4) is 11.5 Å². The van der Waals surface area contributed by atoms with Gasteiger partial charge in [-0.2, -0.15) is 4.98 Å². The van der Waals surface area contributed by atoms with E-state index in [1.54, 1.807) is 6.20 Å².